The molecule has 8 heteroatoms. The highest BCUT2D eigenvalue weighted by atomic mass is 79.9. The largest absolute Gasteiger partial charge is 0.463 e. The van der Waals surface area contributed by atoms with Crippen molar-refractivity contribution < 1.29 is 9.53 Å². The fourth-order valence-electron chi connectivity index (χ4n) is 1.16. The second-order valence-corrected chi connectivity index (χ2v) is 3.93. The van der Waals surface area contributed by atoms with Gasteiger partial charge in [0.2, 0.25) is 0 Å². The number of nitrogen functional groups attached to an aromatic ring is 1. The highest BCUT2D eigenvalue weighted by Crippen LogP contribution is 2.20. The first-order valence-corrected chi connectivity index (χ1v) is 5.32. The van der Waals surface area contributed by atoms with Gasteiger partial charge in [0.1, 0.15) is 6.33 Å². The second kappa shape index (κ2) is 4.50. The summed E-state index contributed by atoms with van der Waals surface area (Å²) in [6.07, 6.45) is 2.86. The average molecular weight is 298 g/mol. The van der Waals surface area contributed by atoms with Gasteiger partial charge in [0.25, 0.3) is 5.82 Å². The zero-order chi connectivity index (χ0) is 12.4. The van der Waals surface area contributed by atoms with E-state index < -0.39 is 5.97 Å². The molecule has 17 heavy (non-hydrogen) atoms. The van der Waals surface area contributed by atoms with E-state index in [1.165, 1.54) is 24.3 Å². The Morgan fingerprint density at radius 2 is 2.29 bits per heavy atom. The Kier molecular flexibility index (Phi) is 3.05. The Morgan fingerprint density at radius 3 is 2.94 bits per heavy atom. The maximum absolute atomic E-state index is 11.2. The number of esters is 1. The first kappa shape index (κ1) is 11.5. The van der Waals surface area contributed by atoms with E-state index in [9.17, 15) is 4.79 Å². The summed E-state index contributed by atoms with van der Waals surface area (Å²) in [4.78, 5) is 19.1. The molecule has 0 atom stereocenters. The van der Waals surface area contributed by atoms with Crippen LogP contribution >= 0.6 is 15.9 Å². The Morgan fingerprint density at radius 1 is 1.53 bits per heavy atom. The van der Waals surface area contributed by atoms with E-state index >= 15 is 0 Å². The average Bonchev–Trinajstić information content (AvgIpc) is 2.77. The van der Waals surface area contributed by atoms with Gasteiger partial charge in [-0.25, -0.2) is 19.4 Å². The van der Waals surface area contributed by atoms with Crippen LogP contribution in [0.25, 0.3) is 5.82 Å². The van der Waals surface area contributed by atoms with Crippen LogP contribution in [0.5, 0.6) is 0 Å². The first-order chi connectivity index (χ1) is 8.11. The van der Waals surface area contributed by atoms with Crippen LogP contribution < -0.4 is 5.73 Å². The van der Waals surface area contributed by atoms with Gasteiger partial charge in [-0.2, -0.15) is 0 Å². The molecule has 88 valence electrons. The second-order valence-electron chi connectivity index (χ2n) is 3.08. The summed E-state index contributed by atoms with van der Waals surface area (Å²) < 4.78 is 6.51. The summed E-state index contributed by atoms with van der Waals surface area (Å²) in [5, 5.41) is 3.94. The number of halogens is 1. The van der Waals surface area contributed by atoms with E-state index in [0.29, 0.717) is 16.0 Å². The molecule has 2 aromatic rings. The molecule has 0 saturated heterocycles. The van der Waals surface area contributed by atoms with Gasteiger partial charge in [-0.05, 0) is 22.0 Å². The third-order valence-electron chi connectivity index (χ3n) is 1.92. The molecular formula is C9H8BrN5O2. The minimum absolute atomic E-state index is 0.0296. The predicted molar refractivity (Wildman–Crippen MR) is 62.6 cm³/mol. The number of methoxy groups -OCH3 is 1. The van der Waals surface area contributed by atoms with E-state index in [1.807, 2.05) is 0 Å². The summed E-state index contributed by atoms with van der Waals surface area (Å²) in [6, 6.07) is 1.68. The van der Waals surface area contributed by atoms with Gasteiger partial charge in [-0.15, -0.1) is 5.10 Å². The van der Waals surface area contributed by atoms with Crippen LogP contribution in [0.3, 0.4) is 0 Å². The molecule has 0 fully saturated rings. The predicted octanol–water partition coefficient (Wildman–Crippen LogP) is 0.794. The number of hydrogen-bond donors (Lipinski definition) is 1. The number of rotatable bonds is 2. The SMILES string of the molecule is COC(=O)c1ncn(-c2ncc(N)cc2Br)n1. The number of ether oxygens (including phenoxy) is 1. The molecule has 0 bridgehead atoms. The maximum atomic E-state index is 11.2. The normalized spacial score (nSPS) is 10.2. The topological polar surface area (TPSA) is 95.9 Å². The lowest BCUT2D eigenvalue weighted by Crippen LogP contribution is -2.06. The lowest BCUT2D eigenvalue weighted by Gasteiger charge is -2.02. The molecule has 0 spiro atoms. The smallest absolute Gasteiger partial charge is 0.377 e. The van der Waals surface area contributed by atoms with Crippen LogP contribution in [0, 0.1) is 0 Å². The molecule has 2 heterocycles. The van der Waals surface area contributed by atoms with Crippen LogP contribution in [0.1, 0.15) is 10.6 Å². The fraction of sp³-hybridized carbons (Fsp3) is 0.111. The molecule has 0 unspecified atom stereocenters. The third kappa shape index (κ3) is 2.26. The molecule has 0 aromatic carbocycles. The van der Waals surface area contributed by atoms with Crippen molar-refractivity contribution in [3.05, 3.63) is 28.9 Å². The lowest BCUT2D eigenvalue weighted by atomic mass is 10.4. The monoisotopic (exact) mass is 297 g/mol. The number of pyridine rings is 1. The van der Waals surface area contributed by atoms with Gasteiger partial charge in [-0.3, -0.25) is 0 Å². The van der Waals surface area contributed by atoms with E-state index in [-0.39, 0.29) is 5.82 Å². The fourth-order valence-corrected chi connectivity index (χ4v) is 1.71. The van der Waals surface area contributed by atoms with E-state index in [0.717, 1.165) is 0 Å². The molecule has 0 aliphatic carbocycles. The van der Waals surface area contributed by atoms with Gasteiger partial charge in [-0.1, -0.05) is 0 Å². The number of nitrogens with zero attached hydrogens (tertiary/aromatic N) is 4. The molecule has 2 aromatic heterocycles. The molecular weight excluding hydrogens is 290 g/mol. The summed E-state index contributed by atoms with van der Waals surface area (Å²) >= 11 is 3.30. The van der Waals surface area contributed by atoms with Crippen LogP contribution in [0.4, 0.5) is 5.69 Å². The van der Waals surface area contributed by atoms with Crippen LogP contribution in [-0.2, 0) is 4.74 Å². The van der Waals surface area contributed by atoms with Gasteiger partial charge in [0.05, 0.1) is 23.5 Å². The van der Waals surface area contributed by atoms with Gasteiger partial charge < -0.3 is 10.5 Å². The number of aromatic nitrogens is 4. The van der Waals surface area contributed by atoms with E-state index in [2.05, 4.69) is 35.7 Å². The van der Waals surface area contributed by atoms with Gasteiger partial charge in [0.15, 0.2) is 5.82 Å². The number of nitrogens with two attached hydrogens (primary N) is 1. The Bertz CT molecular complexity index is 568. The third-order valence-corrected chi connectivity index (χ3v) is 2.50. The van der Waals surface area contributed by atoms with E-state index in [1.54, 1.807) is 6.07 Å². The van der Waals surface area contributed by atoms with Crippen molar-refractivity contribution in [3.8, 4) is 5.82 Å². The zero-order valence-corrected chi connectivity index (χ0v) is 10.4. The van der Waals surface area contributed by atoms with Crippen molar-refractivity contribution in [2.45, 2.75) is 0 Å². The van der Waals surface area contributed by atoms with Crippen molar-refractivity contribution in [3.63, 3.8) is 0 Å². The molecule has 2 N–H and O–H groups in total. The standard InChI is InChI=1S/C9H8BrN5O2/c1-17-9(16)7-13-4-15(14-7)8-6(10)2-5(11)3-12-8/h2-4H,11H2,1H3. The van der Waals surface area contributed by atoms with Crippen molar-refractivity contribution in [1.82, 2.24) is 19.7 Å². The molecule has 2 rings (SSSR count). The molecule has 0 aliphatic rings. The Balaban J connectivity index is 2.40. The zero-order valence-electron chi connectivity index (χ0n) is 8.79. The summed E-state index contributed by atoms with van der Waals surface area (Å²) in [6.45, 7) is 0. The molecule has 0 aliphatic heterocycles. The van der Waals surface area contributed by atoms with Gasteiger partial charge >= 0.3 is 5.97 Å². The van der Waals surface area contributed by atoms with Gasteiger partial charge in [0, 0.05) is 0 Å². The van der Waals surface area contributed by atoms with Crippen LogP contribution in [0.15, 0.2) is 23.1 Å². The minimum Gasteiger partial charge on any atom is -0.463 e. The van der Waals surface area contributed by atoms with Crippen LogP contribution in [0.2, 0.25) is 0 Å². The van der Waals surface area contributed by atoms with E-state index in [4.69, 9.17) is 5.73 Å². The summed E-state index contributed by atoms with van der Waals surface area (Å²) in [5.41, 5.74) is 6.09. The quantitative estimate of drug-likeness (QED) is 0.824. The maximum Gasteiger partial charge on any atom is 0.377 e. The number of carbonyl (C=O) groups excluding carboxylic acids is 1. The first-order valence-electron chi connectivity index (χ1n) is 4.53. The number of hydrogen-bond acceptors (Lipinski definition) is 6. The van der Waals surface area contributed by atoms with Crippen molar-refractivity contribution in [2.75, 3.05) is 12.8 Å². The Hall–Kier alpha value is -1.96. The molecule has 0 amide bonds. The highest BCUT2D eigenvalue weighted by Gasteiger charge is 2.13. The molecule has 0 saturated carbocycles. The minimum atomic E-state index is -0.602. The number of carbonyl (C=O) groups is 1. The van der Waals surface area contributed by atoms with Crippen molar-refractivity contribution in [1.29, 1.82) is 0 Å². The Labute approximate surface area is 105 Å². The summed E-state index contributed by atoms with van der Waals surface area (Å²) in [5.74, 6) is -0.143. The number of anilines is 1. The van der Waals surface area contributed by atoms with Crippen molar-refractivity contribution in [2.24, 2.45) is 0 Å². The van der Waals surface area contributed by atoms with Crippen LogP contribution in [-0.4, -0.2) is 32.8 Å². The van der Waals surface area contributed by atoms with Crippen molar-refractivity contribution >= 4 is 27.6 Å². The highest BCUT2D eigenvalue weighted by molar-refractivity contribution is 9.10. The summed E-state index contributed by atoms with van der Waals surface area (Å²) in [7, 11) is 1.26. The lowest BCUT2D eigenvalue weighted by molar-refractivity contribution is 0.0587. The molecule has 7 nitrogen and oxygen atoms in total. The molecule has 0 radical (unpaired) electrons.